The highest BCUT2D eigenvalue weighted by Gasteiger charge is 2.19. The number of benzene rings is 1. The summed E-state index contributed by atoms with van der Waals surface area (Å²) in [5.41, 5.74) is 5.74. The first-order valence-corrected chi connectivity index (χ1v) is 6.41. The maximum atomic E-state index is 11.8. The van der Waals surface area contributed by atoms with Crippen molar-refractivity contribution in [2.75, 3.05) is 18.5 Å². The molecule has 1 aromatic carbocycles. The molecule has 0 aromatic heterocycles. The van der Waals surface area contributed by atoms with Crippen LogP contribution < -0.4 is 20.5 Å². The summed E-state index contributed by atoms with van der Waals surface area (Å²) in [6.45, 7) is 4.56. The second kappa shape index (κ2) is 5.27. The molecule has 1 aliphatic heterocycles. The van der Waals surface area contributed by atoms with Crippen molar-refractivity contribution in [3.63, 3.8) is 0 Å². The van der Waals surface area contributed by atoms with E-state index in [-0.39, 0.29) is 12.3 Å². The van der Waals surface area contributed by atoms with E-state index in [9.17, 15) is 4.79 Å². The van der Waals surface area contributed by atoms with Gasteiger partial charge in [0.25, 0.3) is 0 Å². The Bertz CT molecular complexity index is 497. The molecule has 0 saturated heterocycles. The van der Waals surface area contributed by atoms with Crippen molar-refractivity contribution in [2.45, 2.75) is 25.8 Å². The van der Waals surface area contributed by atoms with Crippen LogP contribution in [0.25, 0.3) is 0 Å². The van der Waals surface area contributed by atoms with Crippen molar-refractivity contribution in [1.82, 2.24) is 0 Å². The second-order valence-electron chi connectivity index (χ2n) is 5.19. The minimum atomic E-state index is -0.565. The zero-order chi connectivity index (χ0) is 14.0. The van der Waals surface area contributed by atoms with E-state index in [1.54, 1.807) is 26.0 Å². The fourth-order valence-corrected chi connectivity index (χ4v) is 1.97. The first-order chi connectivity index (χ1) is 8.85. The van der Waals surface area contributed by atoms with Crippen molar-refractivity contribution in [3.05, 3.63) is 17.2 Å². The molecule has 0 unspecified atom stereocenters. The molecule has 0 fully saturated rings. The Labute approximate surface area is 117 Å². The number of ether oxygens (including phenoxy) is 2. The number of carbonyl (C=O) groups is 1. The predicted octanol–water partition coefficient (Wildman–Crippen LogP) is 2.18. The van der Waals surface area contributed by atoms with Gasteiger partial charge < -0.3 is 20.5 Å². The maximum absolute atomic E-state index is 11.8. The lowest BCUT2D eigenvalue weighted by Gasteiger charge is -2.21. The largest absolute Gasteiger partial charge is 0.486 e. The molecular weight excluding hydrogens is 268 g/mol. The molecule has 19 heavy (non-hydrogen) atoms. The summed E-state index contributed by atoms with van der Waals surface area (Å²) in [6.07, 6.45) is 0.206. The second-order valence-corrected chi connectivity index (χ2v) is 5.60. The van der Waals surface area contributed by atoms with Crippen molar-refractivity contribution in [3.8, 4) is 11.5 Å². The zero-order valence-electron chi connectivity index (χ0n) is 11.0. The number of fused-ring (bicyclic) bond motifs is 1. The fourth-order valence-electron chi connectivity index (χ4n) is 1.77. The third-order valence-electron chi connectivity index (χ3n) is 2.52. The molecule has 6 heteroatoms. The SMILES string of the molecule is CC(C)(N)CC(=O)Nc1cc2c(cc1Cl)OCCO2. The van der Waals surface area contributed by atoms with Gasteiger partial charge in [0.05, 0.1) is 10.7 Å². The third kappa shape index (κ3) is 3.75. The average molecular weight is 285 g/mol. The Morgan fingerprint density at radius 3 is 2.53 bits per heavy atom. The van der Waals surface area contributed by atoms with Gasteiger partial charge >= 0.3 is 0 Å². The van der Waals surface area contributed by atoms with Gasteiger partial charge in [0, 0.05) is 24.1 Å². The molecule has 0 radical (unpaired) electrons. The van der Waals surface area contributed by atoms with Crippen molar-refractivity contribution in [2.24, 2.45) is 5.73 Å². The summed E-state index contributed by atoms with van der Waals surface area (Å²) in [6, 6.07) is 3.30. The molecule has 1 heterocycles. The summed E-state index contributed by atoms with van der Waals surface area (Å²) in [4.78, 5) is 11.8. The zero-order valence-corrected chi connectivity index (χ0v) is 11.7. The molecule has 0 bridgehead atoms. The number of hydrogen-bond acceptors (Lipinski definition) is 4. The van der Waals surface area contributed by atoms with E-state index in [4.69, 9.17) is 26.8 Å². The number of rotatable bonds is 3. The van der Waals surface area contributed by atoms with Crippen LogP contribution in [-0.4, -0.2) is 24.7 Å². The van der Waals surface area contributed by atoms with E-state index in [0.717, 1.165) is 0 Å². The van der Waals surface area contributed by atoms with Gasteiger partial charge in [-0.05, 0) is 13.8 Å². The molecule has 104 valence electrons. The molecule has 1 amide bonds. The van der Waals surface area contributed by atoms with Crippen LogP contribution in [0.1, 0.15) is 20.3 Å². The van der Waals surface area contributed by atoms with E-state index in [1.165, 1.54) is 0 Å². The highest BCUT2D eigenvalue weighted by Crippen LogP contribution is 2.38. The minimum Gasteiger partial charge on any atom is -0.486 e. The average Bonchev–Trinajstić information content (AvgIpc) is 2.27. The molecule has 0 atom stereocenters. The molecule has 2 rings (SSSR count). The van der Waals surface area contributed by atoms with Gasteiger partial charge in [-0.3, -0.25) is 4.79 Å². The van der Waals surface area contributed by atoms with Gasteiger partial charge in [0.1, 0.15) is 13.2 Å². The summed E-state index contributed by atoms with van der Waals surface area (Å²) in [7, 11) is 0. The van der Waals surface area contributed by atoms with Crippen LogP contribution in [0.4, 0.5) is 5.69 Å². The van der Waals surface area contributed by atoms with Crippen LogP contribution >= 0.6 is 11.6 Å². The molecule has 3 N–H and O–H groups in total. The van der Waals surface area contributed by atoms with Gasteiger partial charge in [-0.1, -0.05) is 11.6 Å². The topological polar surface area (TPSA) is 73.6 Å². The Morgan fingerprint density at radius 1 is 1.37 bits per heavy atom. The van der Waals surface area contributed by atoms with E-state index < -0.39 is 5.54 Å². The van der Waals surface area contributed by atoms with E-state index in [2.05, 4.69) is 5.32 Å². The van der Waals surface area contributed by atoms with Crippen LogP contribution in [0, 0.1) is 0 Å². The lowest BCUT2D eigenvalue weighted by atomic mass is 10.0. The predicted molar refractivity (Wildman–Crippen MR) is 74.0 cm³/mol. The quantitative estimate of drug-likeness (QED) is 0.892. The monoisotopic (exact) mass is 284 g/mol. The number of halogens is 1. The van der Waals surface area contributed by atoms with Crippen LogP contribution in [-0.2, 0) is 4.79 Å². The van der Waals surface area contributed by atoms with Gasteiger partial charge in [0.2, 0.25) is 5.91 Å². The highest BCUT2D eigenvalue weighted by molar-refractivity contribution is 6.34. The summed E-state index contributed by atoms with van der Waals surface area (Å²) in [5, 5.41) is 3.14. The number of amides is 1. The van der Waals surface area contributed by atoms with E-state index >= 15 is 0 Å². The molecule has 0 spiro atoms. The minimum absolute atomic E-state index is 0.189. The van der Waals surface area contributed by atoms with E-state index in [0.29, 0.717) is 35.4 Å². The van der Waals surface area contributed by atoms with Crippen molar-refractivity contribution >= 4 is 23.2 Å². The summed E-state index contributed by atoms with van der Waals surface area (Å²) < 4.78 is 10.8. The van der Waals surface area contributed by atoms with Crippen molar-refractivity contribution < 1.29 is 14.3 Å². The molecule has 0 aliphatic carbocycles. The Kier molecular flexibility index (Phi) is 3.87. The number of hydrogen-bond donors (Lipinski definition) is 2. The molecule has 1 aromatic rings. The molecular formula is C13H17ClN2O3. The molecule has 0 saturated carbocycles. The van der Waals surface area contributed by atoms with Crippen LogP contribution in [0.15, 0.2) is 12.1 Å². The third-order valence-corrected chi connectivity index (χ3v) is 2.83. The normalized spacial score (nSPS) is 14.1. The van der Waals surface area contributed by atoms with Crippen LogP contribution in [0.2, 0.25) is 5.02 Å². The molecule has 5 nitrogen and oxygen atoms in total. The Balaban J connectivity index is 2.14. The van der Waals surface area contributed by atoms with Crippen molar-refractivity contribution in [1.29, 1.82) is 0 Å². The lowest BCUT2D eigenvalue weighted by molar-refractivity contribution is -0.117. The van der Waals surface area contributed by atoms with Gasteiger partial charge in [-0.2, -0.15) is 0 Å². The Morgan fingerprint density at radius 2 is 1.95 bits per heavy atom. The number of carbonyl (C=O) groups excluding carboxylic acids is 1. The Hall–Kier alpha value is -1.46. The van der Waals surface area contributed by atoms with Gasteiger partial charge in [-0.15, -0.1) is 0 Å². The van der Waals surface area contributed by atoms with Crippen LogP contribution in [0.3, 0.4) is 0 Å². The van der Waals surface area contributed by atoms with Gasteiger partial charge in [0.15, 0.2) is 11.5 Å². The smallest absolute Gasteiger partial charge is 0.226 e. The van der Waals surface area contributed by atoms with Gasteiger partial charge in [-0.25, -0.2) is 0 Å². The fraction of sp³-hybridized carbons (Fsp3) is 0.462. The highest BCUT2D eigenvalue weighted by atomic mass is 35.5. The first-order valence-electron chi connectivity index (χ1n) is 6.03. The maximum Gasteiger partial charge on any atom is 0.226 e. The van der Waals surface area contributed by atoms with Crippen LogP contribution in [0.5, 0.6) is 11.5 Å². The summed E-state index contributed by atoms with van der Waals surface area (Å²) in [5.74, 6) is 0.984. The lowest BCUT2D eigenvalue weighted by Crippen LogP contribution is -2.36. The number of anilines is 1. The molecule has 1 aliphatic rings. The first kappa shape index (κ1) is 14.0. The number of nitrogens with one attached hydrogen (secondary N) is 1. The standard InChI is InChI=1S/C13H17ClN2O3/c1-13(2,15)7-12(17)16-9-6-11-10(5-8(9)14)18-3-4-19-11/h5-6H,3-4,7,15H2,1-2H3,(H,16,17). The number of nitrogens with two attached hydrogens (primary N) is 1. The van der Waals surface area contributed by atoms with E-state index in [1.807, 2.05) is 0 Å². The summed E-state index contributed by atoms with van der Waals surface area (Å²) >= 11 is 6.09.